The van der Waals surface area contributed by atoms with Crippen molar-refractivity contribution in [2.45, 2.75) is 13.5 Å². The normalized spacial score (nSPS) is 10.9. The van der Waals surface area contributed by atoms with Crippen LogP contribution in [0.1, 0.15) is 22.3 Å². The van der Waals surface area contributed by atoms with Crippen molar-refractivity contribution in [3.05, 3.63) is 119 Å². The molecular formula is C30H25ClN2O4. The monoisotopic (exact) mass is 512 g/mol. The van der Waals surface area contributed by atoms with Gasteiger partial charge in [0.25, 0.3) is 0 Å². The summed E-state index contributed by atoms with van der Waals surface area (Å²) in [4.78, 5) is 10.7. The number of carboxylic acid groups (broad SMARTS) is 1. The maximum atomic E-state index is 10.7. The molecule has 0 radical (unpaired) electrons. The quantitative estimate of drug-likeness (QED) is 0.284. The van der Waals surface area contributed by atoms with Gasteiger partial charge in [-0.15, -0.1) is 0 Å². The topological polar surface area (TPSA) is 73.6 Å². The Morgan fingerprint density at radius 2 is 1.78 bits per heavy atom. The van der Waals surface area contributed by atoms with Crippen LogP contribution in [0, 0.1) is 18.8 Å². The number of halogens is 1. The van der Waals surface area contributed by atoms with Crippen molar-refractivity contribution in [1.29, 1.82) is 0 Å². The fourth-order valence-corrected chi connectivity index (χ4v) is 3.74. The highest BCUT2D eigenvalue weighted by Crippen LogP contribution is 2.27. The zero-order valence-corrected chi connectivity index (χ0v) is 21.0. The van der Waals surface area contributed by atoms with Crippen LogP contribution in [0.3, 0.4) is 0 Å². The standard InChI is InChI=1S/C30H25ClN2O4/c1-22-20-27(13-14-29(22)37-21-30(34)35)36-19-15-28(25-9-11-26(31)12-10-25)24-7-5-23(6-8-24)4-2-17-33-18-3-16-32-33/h3,5-16,18,20H,17,19,21H2,1H3,(H,34,35)/b28-15-. The van der Waals surface area contributed by atoms with Gasteiger partial charge in [-0.2, -0.15) is 5.10 Å². The van der Waals surface area contributed by atoms with Crippen LogP contribution in [0.5, 0.6) is 11.5 Å². The van der Waals surface area contributed by atoms with Gasteiger partial charge in [-0.25, -0.2) is 4.79 Å². The second-order valence-electron chi connectivity index (χ2n) is 8.13. The van der Waals surface area contributed by atoms with Crippen LogP contribution in [-0.2, 0) is 11.3 Å². The van der Waals surface area contributed by atoms with Crippen molar-refractivity contribution in [1.82, 2.24) is 9.78 Å². The molecule has 4 aromatic rings. The Bertz CT molecular complexity index is 1430. The van der Waals surface area contributed by atoms with Crippen LogP contribution in [0.2, 0.25) is 5.02 Å². The molecule has 0 spiro atoms. The average Bonchev–Trinajstić information content (AvgIpc) is 3.41. The van der Waals surface area contributed by atoms with Gasteiger partial charge < -0.3 is 14.6 Å². The summed E-state index contributed by atoms with van der Waals surface area (Å²) in [7, 11) is 0. The summed E-state index contributed by atoms with van der Waals surface area (Å²) in [6.07, 6.45) is 5.63. The summed E-state index contributed by atoms with van der Waals surface area (Å²) in [5.41, 5.74) is 4.76. The maximum absolute atomic E-state index is 10.7. The van der Waals surface area contributed by atoms with E-state index in [1.165, 1.54) is 0 Å². The van der Waals surface area contributed by atoms with E-state index < -0.39 is 5.97 Å². The lowest BCUT2D eigenvalue weighted by atomic mass is 9.97. The zero-order valence-electron chi connectivity index (χ0n) is 20.2. The minimum Gasteiger partial charge on any atom is -0.489 e. The Morgan fingerprint density at radius 3 is 2.43 bits per heavy atom. The van der Waals surface area contributed by atoms with Gasteiger partial charge in [-0.05, 0) is 83.8 Å². The maximum Gasteiger partial charge on any atom is 0.341 e. The van der Waals surface area contributed by atoms with Crippen LogP contribution < -0.4 is 9.47 Å². The molecule has 0 atom stereocenters. The van der Waals surface area contributed by atoms with Crippen LogP contribution >= 0.6 is 11.6 Å². The molecule has 1 aromatic heterocycles. The molecular weight excluding hydrogens is 488 g/mol. The second kappa shape index (κ2) is 12.5. The van der Waals surface area contributed by atoms with Gasteiger partial charge in [-0.3, -0.25) is 4.68 Å². The van der Waals surface area contributed by atoms with E-state index in [0.717, 1.165) is 27.8 Å². The van der Waals surface area contributed by atoms with Crippen LogP contribution in [0.4, 0.5) is 0 Å². The SMILES string of the molecule is Cc1cc(OC/C=C(\c2ccc(Cl)cc2)c2ccc(C#CCn3cccn3)cc2)ccc1OCC(=O)O. The molecule has 0 unspecified atom stereocenters. The summed E-state index contributed by atoms with van der Waals surface area (Å²) in [5.74, 6) is 6.45. The second-order valence-corrected chi connectivity index (χ2v) is 8.56. The Morgan fingerprint density at radius 1 is 1.05 bits per heavy atom. The first-order valence-corrected chi connectivity index (χ1v) is 12.0. The summed E-state index contributed by atoms with van der Waals surface area (Å²) >= 11 is 6.11. The highest BCUT2D eigenvalue weighted by atomic mass is 35.5. The lowest BCUT2D eigenvalue weighted by Gasteiger charge is -2.12. The van der Waals surface area contributed by atoms with Crippen molar-refractivity contribution >= 4 is 23.1 Å². The molecule has 0 aliphatic rings. The summed E-state index contributed by atoms with van der Waals surface area (Å²) in [6, 6.07) is 22.9. The number of hydrogen-bond acceptors (Lipinski definition) is 4. The van der Waals surface area contributed by atoms with Gasteiger partial charge >= 0.3 is 5.97 Å². The van der Waals surface area contributed by atoms with Crippen LogP contribution in [-0.4, -0.2) is 34.1 Å². The Kier molecular flexibility index (Phi) is 8.64. The molecule has 4 rings (SSSR count). The van der Waals surface area contributed by atoms with E-state index in [1.807, 2.05) is 79.9 Å². The molecule has 3 aromatic carbocycles. The molecule has 6 nitrogen and oxygen atoms in total. The third kappa shape index (κ3) is 7.50. The van der Waals surface area contributed by atoms with Crippen molar-refractivity contribution in [3.63, 3.8) is 0 Å². The number of rotatable bonds is 9. The van der Waals surface area contributed by atoms with Crippen LogP contribution in [0.25, 0.3) is 5.57 Å². The highest BCUT2D eigenvalue weighted by Gasteiger charge is 2.07. The zero-order chi connectivity index (χ0) is 26.0. The highest BCUT2D eigenvalue weighted by molar-refractivity contribution is 6.30. The molecule has 0 amide bonds. The average molecular weight is 513 g/mol. The minimum absolute atomic E-state index is 0.332. The third-order valence-electron chi connectivity index (χ3n) is 5.42. The number of hydrogen-bond donors (Lipinski definition) is 1. The number of nitrogens with zero attached hydrogens (tertiary/aromatic N) is 2. The molecule has 0 fully saturated rings. The van der Waals surface area contributed by atoms with Crippen LogP contribution in [0.15, 0.2) is 91.3 Å². The molecule has 0 aliphatic heterocycles. The first-order valence-electron chi connectivity index (χ1n) is 11.6. The molecule has 1 N–H and O–H groups in total. The Labute approximate surface area is 220 Å². The van der Waals surface area contributed by atoms with E-state index in [1.54, 1.807) is 23.0 Å². The Balaban J connectivity index is 1.49. The molecule has 7 heteroatoms. The van der Waals surface area contributed by atoms with Crippen molar-refractivity contribution < 1.29 is 19.4 Å². The molecule has 186 valence electrons. The molecule has 0 aliphatic carbocycles. The summed E-state index contributed by atoms with van der Waals surface area (Å²) in [6.45, 7) is 2.33. The fraction of sp³-hybridized carbons (Fsp3) is 0.133. The third-order valence-corrected chi connectivity index (χ3v) is 5.67. The van der Waals surface area contributed by atoms with Gasteiger partial charge in [0.2, 0.25) is 0 Å². The first-order chi connectivity index (χ1) is 18.0. The van der Waals surface area contributed by atoms with Gasteiger partial charge in [0.05, 0.1) is 0 Å². The van der Waals surface area contributed by atoms with Crippen molar-refractivity contribution in [2.75, 3.05) is 13.2 Å². The summed E-state index contributed by atoms with van der Waals surface area (Å²) in [5, 5.41) is 13.6. The lowest BCUT2D eigenvalue weighted by Crippen LogP contribution is -2.10. The van der Waals surface area contributed by atoms with Gasteiger partial charge in [-0.1, -0.05) is 47.7 Å². The number of carboxylic acids is 1. The molecule has 1 heterocycles. The van der Waals surface area contributed by atoms with E-state index in [-0.39, 0.29) is 6.61 Å². The molecule has 0 saturated heterocycles. The van der Waals surface area contributed by atoms with Gasteiger partial charge in [0.15, 0.2) is 6.61 Å². The number of aryl methyl sites for hydroxylation is 1. The molecule has 0 bridgehead atoms. The van der Waals surface area contributed by atoms with E-state index in [4.69, 9.17) is 26.2 Å². The summed E-state index contributed by atoms with van der Waals surface area (Å²) < 4.78 is 13.0. The smallest absolute Gasteiger partial charge is 0.341 e. The molecule has 37 heavy (non-hydrogen) atoms. The Hall–Kier alpha value is -4.47. The first kappa shape index (κ1) is 25.6. The minimum atomic E-state index is -1.02. The van der Waals surface area contributed by atoms with E-state index in [0.29, 0.717) is 29.7 Å². The lowest BCUT2D eigenvalue weighted by molar-refractivity contribution is -0.139. The van der Waals surface area contributed by atoms with Crippen molar-refractivity contribution in [2.24, 2.45) is 0 Å². The number of aromatic nitrogens is 2. The van der Waals surface area contributed by atoms with Crippen molar-refractivity contribution in [3.8, 4) is 23.3 Å². The van der Waals surface area contributed by atoms with E-state index in [2.05, 4.69) is 16.9 Å². The van der Waals surface area contributed by atoms with E-state index in [9.17, 15) is 4.79 Å². The van der Waals surface area contributed by atoms with E-state index >= 15 is 0 Å². The van der Waals surface area contributed by atoms with Gasteiger partial charge in [0.1, 0.15) is 24.7 Å². The number of carbonyl (C=O) groups is 1. The predicted molar refractivity (Wildman–Crippen MR) is 144 cm³/mol. The van der Waals surface area contributed by atoms with Gasteiger partial charge in [0, 0.05) is 23.0 Å². The number of aliphatic carboxylic acids is 1. The largest absolute Gasteiger partial charge is 0.489 e. The molecule has 0 saturated carbocycles. The number of benzene rings is 3. The fourth-order valence-electron chi connectivity index (χ4n) is 3.62. The number of ether oxygens (including phenoxy) is 2. The predicted octanol–water partition coefficient (Wildman–Crippen LogP) is 5.87.